The molecule has 5 nitrogen and oxygen atoms in total. The first kappa shape index (κ1) is 10.6. The summed E-state index contributed by atoms with van der Waals surface area (Å²) in [6.07, 6.45) is 0.472. The Morgan fingerprint density at radius 2 is 2.31 bits per heavy atom. The van der Waals surface area contributed by atoms with Crippen molar-refractivity contribution < 1.29 is 14.3 Å². The van der Waals surface area contributed by atoms with E-state index in [0.717, 1.165) is 6.42 Å². The lowest BCUT2D eigenvalue weighted by Gasteiger charge is -2.27. The second kappa shape index (κ2) is 4.30. The van der Waals surface area contributed by atoms with E-state index in [-0.39, 0.29) is 6.09 Å². The monoisotopic (exact) mass is 222 g/mol. The number of rotatable bonds is 2. The maximum absolute atomic E-state index is 11.5. The number of hydrogen-bond acceptors (Lipinski definition) is 4. The van der Waals surface area contributed by atoms with Gasteiger partial charge in [0.05, 0.1) is 25.1 Å². The molecule has 0 saturated carbocycles. The van der Waals surface area contributed by atoms with E-state index in [2.05, 4.69) is 0 Å². The van der Waals surface area contributed by atoms with Crippen molar-refractivity contribution in [1.82, 2.24) is 0 Å². The molecule has 2 rings (SSSR count). The second-order valence-corrected chi connectivity index (χ2v) is 3.54. The number of anilines is 2. The molecule has 2 N–H and O–H groups in total. The van der Waals surface area contributed by atoms with E-state index in [1.807, 2.05) is 0 Å². The largest absolute Gasteiger partial charge is 0.497 e. The van der Waals surface area contributed by atoms with Crippen LogP contribution >= 0.6 is 0 Å². The first-order chi connectivity index (χ1) is 7.72. The number of methoxy groups -OCH3 is 1. The maximum Gasteiger partial charge on any atom is 0.414 e. The fraction of sp³-hybridized carbons (Fsp3) is 0.364. The Morgan fingerprint density at radius 1 is 1.50 bits per heavy atom. The maximum atomic E-state index is 11.5. The molecule has 1 aliphatic heterocycles. The zero-order valence-corrected chi connectivity index (χ0v) is 9.10. The molecule has 1 aliphatic rings. The molecule has 0 atom stereocenters. The van der Waals surface area contributed by atoms with Gasteiger partial charge in [-0.3, -0.25) is 4.90 Å². The van der Waals surface area contributed by atoms with Crippen LogP contribution in [0.4, 0.5) is 16.2 Å². The Bertz CT molecular complexity index is 406. The van der Waals surface area contributed by atoms with Crippen molar-refractivity contribution in [3.63, 3.8) is 0 Å². The van der Waals surface area contributed by atoms with Crippen molar-refractivity contribution in [2.24, 2.45) is 0 Å². The van der Waals surface area contributed by atoms with E-state index in [0.29, 0.717) is 30.3 Å². The predicted molar refractivity (Wildman–Crippen MR) is 60.7 cm³/mol. The number of nitrogens with two attached hydrogens (primary N) is 1. The van der Waals surface area contributed by atoms with E-state index >= 15 is 0 Å². The first-order valence-corrected chi connectivity index (χ1v) is 5.10. The Kier molecular flexibility index (Phi) is 2.85. The second-order valence-electron chi connectivity index (χ2n) is 3.54. The summed E-state index contributed by atoms with van der Waals surface area (Å²) in [7, 11) is 1.57. The number of carbonyl (C=O) groups is 1. The van der Waals surface area contributed by atoms with Gasteiger partial charge in [0.15, 0.2) is 0 Å². The molecule has 0 aliphatic carbocycles. The van der Waals surface area contributed by atoms with Gasteiger partial charge in [0.2, 0.25) is 0 Å². The van der Waals surface area contributed by atoms with Crippen molar-refractivity contribution in [2.75, 3.05) is 30.9 Å². The molecule has 0 bridgehead atoms. The summed E-state index contributed by atoms with van der Waals surface area (Å²) in [5.41, 5.74) is 7.04. The predicted octanol–water partition coefficient (Wildman–Crippen LogP) is 1.62. The van der Waals surface area contributed by atoms with E-state index < -0.39 is 0 Å². The molecule has 0 radical (unpaired) electrons. The zero-order chi connectivity index (χ0) is 11.5. The third-order valence-corrected chi connectivity index (χ3v) is 2.50. The van der Waals surface area contributed by atoms with Crippen LogP contribution in [0.25, 0.3) is 0 Å². The summed E-state index contributed by atoms with van der Waals surface area (Å²) >= 11 is 0. The van der Waals surface area contributed by atoms with Crippen molar-refractivity contribution in [1.29, 1.82) is 0 Å². The van der Waals surface area contributed by atoms with Crippen molar-refractivity contribution >= 4 is 17.5 Å². The van der Waals surface area contributed by atoms with Crippen LogP contribution in [-0.4, -0.2) is 26.4 Å². The van der Waals surface area contributed by atoms with Crippen LogP contribution in [-0.2, 0) is 4.74 Å². The van der Waals surface area contributed by atoms with E-state index in [9.17, 15) is 4.79 Å². The van der Waals surface area contributed by atoms with Gasteiger partial charge in [-0.25, -0.2) is 4.79 Å². The molecule has 1 aromatic carbocycles. The van der Waals surface area contributed by atoms with Crippen LogP contribution in [0, 0.1) is 0 Å². The highest BCUT2D eigenvalue weighted by atomic mass is 16.6. The molecular formula is C11H14N2O3. The van der Waals surface area contributed by atoms with Crippen molar-refractivity contribution in [2.45, 2.75) is 6.42 Å². The van der Waals surface area contributed by atoms with Crippen LogP contribution in [0.2, 0.25) is 0 Å². The summed E-state index contributed by atoms with van der Waals surface area (Å²) in [6.45, 7) is 1.11. The van der Waals surface area contributed by atoms with Crippen molar-refractivity contribution in [3.05, 3.63) is 18.2 Å². The highest BCUT2D eigenvalue weighted by molar-refractivity contribution is 5.92. The third-order valence-electron chi connectivity index (χ3n) is 2.50. The molecule has 1 amide bonds. The minimum Gasteiger partial charge on any atom is -0.497 e. The first-order valence-electron chi connectivity index (χ1n) is 5.10. The topological polar surface area (TPSA) is 64.8 Å². The van der Waals surface area contributed by atoms with Crippen LogP contribution in [0.15, 0.2) is 18.2 Å². The third kappa shape index (κ3) is 1.88. The molecule has 1 aromatic rings. The van der Waals surface area contributed by atoms with Gasteiger partial charge in [-0.15, -0.1) is 0 Å². The normalized spacial score (nSPS) is 15.8. The molecule has 1 heterocycles. The lowest BCUT2D eigenvalue weighted by atomic mass is 10.2. The van der Waals surface area contributed by atoms with Gasteiger partial charge in [0.1, 0.15) is 5.75 Å². The highest BCUT2D eigenvalue weighted by Crippen LogP contribution is 2.29. The van der Waals surface area contributed by atoms with E-state index in [4.69, 9.17) is 15.2 Å². The van der Waals surface area contributed by atoms with Crippen LogP contribution in [0.5, 0.6) is 5.75 Å². The molecule has 0 spiro atoms. The van der Waals surface area contributed by atoms with Gasteiger partial charge in [0, 0.05) is 12.6 Å². The number of hydrogen-bond donors (Lipinski definition) is 1. The Morgan fingerprint density at radius 3 is 2.94 bits per heavy atom. The van der Waals surface area contributed by atoms with Crippen molar-refractivity contribution in [3.8, 4) is 5.75 Å². The Hall–Kier alpha value is -1.91. The van der Waals surface area contributed by atoms with Gasteiger partial charge in [-0.05, 0) is 18.6 Å². The summed E-state index contributed by atoms with van der Waals surface area (Å²) in [5.74, 6) is 0.673. The van der Waals surface area contributed by atoms with Gasteiger partial charge < -0.3 is 15.2 Å². The Balaban J connectivity index is 2.28. The fourth-order valence-corrected chi connectivity index (χ4v) is 1.68. The molecule has 86 valence electrons. The fourth-order valence-electron chi connectivity index (χ4n) is 1.68. The molecule has 0 unspecified atom stereocenters. The van der Waals surface area contributed by atoms with Crippen LogP contribution in [0.1, 0.15) is 6.42 Å². The van der Waals surface area contributed by atoms with Gasteiger partial charge >= 0.3 is 6.09 Å². The average molecular weight is 222 g/mol. The quantitative estimate of drug-likeness (QED) is 0.772. The minimum atomic E-state index is -0.344. The summed E-state index contributed by atoms with van der Waals surface area (Å²) in [4.78, 5) is 13.1. The molecule has 16 heavy (non-hydrogen) atoms. The molecule has 5 heteroatoms. The van der Waals surface area contributed by atoms with E-state index in [1.165, 1.54) is 4.90 Å². The lowest BCUT2D eigenvalue weighted by molar-refractivity contribution is 0.140. The molecule has 1 fully saturated rings. The van der Waals surface area contributed by atoms with Gasteiger partial charge in [-0.2, -0.15) is 0 Å². The minimum absolute atomic E-state index is 0.344. The number of carbonyl (C=O) groups excluding carboxylic acids is 1. The number of amides is 1. The Labute approximate surface area is 93.7 Å². The lowest BCUT2D eigenvalue weighted by Crippen LogP contribution is -2.38. The zero-order valence-electron chi connectivity index (χ0n) is 9.10. The molecule has 1 saturated heterocycles. The standard InChI is InChI=1S/C11H14N2O3/c1-15-8-3-4-10(9(12)7-8)13-5-2-6-16-11(13)14/h3-4,7H,2,5-6,12H2,1H3. The number of benzene rings is 1. The summed E-state index contributed by atoms with van der Waals surface area (Å²) in [5, 5.41) is 0. The number of ether oxygens (including phenoxy) is 2. The smallest absolute Gasteiger partial charge is 0.414 e. The van der Waals surface area contributed by atoms with E-state index in [1.54, 1.807) is 25.3 Å². The SMILES string of the molecule is COc1ccc(N2CCCOC2=O)c(N)c1. The van der Waals surface area contributed by atoms with Crippen LogP contribution in [0.3, 0.4) is 0 Å². The molecular weight excluding hydrogens is 208 g/mol. The molecule has 0 aromatic heterocycles. The number of nitrogens with zero attached hydrogens (tertiary/aromatic N) is 1. The highest BCUT2D eigenvalue weighted by Gasteiger charge is 2.22. The van der Waals surface area contributed by atoms with Crippen LogP contribution < -0.4 is 15.4 Å². The summed E-state index contributed by atoms with van der Waals surface area (Å²) in [6, 6.07) is 5.23. The van der Waals surface area contributed by atoms with Gasteiger partial charge in [-0.1, -0.05) is 0 Å². The van der Waals surface area contributed by atoms with Gasteiger partial charge in [0.25, 0.3) is 0 Å². The number of cyclic esters (lactones) is 1. The summed E-state index contributed by atoms with van der Waals surface area (Å²) < 4.78 is 10.0. The number of nitrogen functional groups attached to an aromatic ring is 1. The average Bonchev–Trinajstić information content (AvgIpc) is 2.30.